The average Bonchev–Trinajstić information content (AvgIpc) is 3.11. The van der Waals surface area contributed by atoms with Crippen LogP contribution in [0.25, 0.3) is 11.0 Å². The molecule has 4 rings (SSSR count). The van der Waals surface area contributed by atoms with Crippen molar-refractivity contribution in [1.29, 1.82) is 0 Å². The minimum atomic E-state index is -0.270. The molecule has 5 nitrogen and oxygen atoms in total. The number of carbonyl (C=O) groups excluding carboxylic acids is 1. The summed E-state index contributed by atoms with van der Waals surface area (Å²) in [5.41, 5.74) is 2.17. The second kappa shape index (κ2) is 7.62. The lowest BCUT2D eigenvalue weighted by Gasteiger charge is -2.31. The number of benzene rings is 2. The van der Waals surface area contributed by atoms with Gasteiger partial charge in [0, 0.05) is 24.6 Å². The van der Waals surface area contributed by atoms with E-state index in [1.807, 2.05) is 43.0 Å². The molecule has 1 fully saturated rings. The molecule has 0 atom stereocenters. The molecule has 0 unspecified atom stereocenters. The van der Waals surface area contributed by atoms with Crippen molar-refractivity contribution in [2.24, 2.45) is 0 Å². The second-order valence-corrected chi connectivity index (χ2v) is 7.54. The lowest BCUT2D eigenvalue weighted by Crippen LogP contribution is -2.38. The molecule has 0 aliphatic carbocycles. The number of likely N-dealkylation sites (tertiary alicyclic amines) is 1. The highest BCUT2D eigenvalue weighted by Gasteiger charge is 2.26. The van der Waals surface area contributed by atoms with Gasteiger partial charge in [-0.2, -0.15) is 0 Å². The van der Waals surface area contributed by atoms with Crippen LogP contribution in [0, 0.1) is 5.82 Å². The summed E-state index contributed by atoms with van der Waals surface area (Å²) < 4.78 is 19.0. The monoisotopic (exact) mass is 381 g/mol. The third kappa shape index (κ3) is 3.86. The number of nitrogens with zero attached hydrogens (tertiary/aromatic N) is 2. The van der Waals surface area contributed by atoms with E-state index in [1.54, 1.807) is 6.07 Å². The zero-order chi connectivity index (χ0) is 19.7. The van der Waals surface area contributed by atoms with E-state index in [4.69, 9.17) is 4.74 Å². The van der Waals surface area contributed by atoms with Gasteiger partial charge in [-0.25, -0.2) is 9.37 Å². The molecule has 28 heavy (non-hydrogen) atoms. The number of fused-ring (bicyclic) bond motifs is 1. The third-order valence-electron chi connectivity index (χ3n) is 5.10. The van der Waals surface area contributed by atoms with Gasteiger partial charge >= 0.3 is 0 Å². The molecule has 0 bridgehead atoms. The summed E-state index contributed by atoms with van der Waals surface area (Å²) in [5.74, 6) is 1.67. The Hall–Kier alpha value is -2.89. The van der Waals surface area contributed by atoms with Crippen molar-refractivity contribution >= 4 is 16.9 Å². The number of imidazole rings is 1. The van der Waals surface area contributed by atoms with Crippen LogP contribution in [0.2, 0.25) is 0 Å². The minimum Gasteiger partial charge on any atom is -0.491 e. The molecule has 0 saturated carbocycles. The van der Waals surface area contributed by atoms with Crippen molar-refractivity contribution in [2.75, 3.05) is 13.1 Å². The molecule has 3 aromatic rings. The Labute approximate surface area is 163 Å². The number of ether oxygens (including phenoxy) is 1. The van der Waals surface area contributed by atoms with E-state index >= 15 is 0 Å². The maximum Gasteiger partial charge on any atom is 0.253 e. The Bertz CT molecular complexity index is 973. The van der Waals surface area contributed by atoms with Crippen LogP contribution in [-0.4, -0.2) is 40.0 Å². The Kier molecular flexibility index (Phi) is 5.03. The molecular formula is C22H24FN3O2. The number of amides is 1. The zero-order valence-corrected chi connectivity index (χ0v) is 16.1. The van der Waals surface area contributed by atoms with Crippen molar-refractivity contribution < 1.29 is 13.9 Å². The zero-order valence-electron chi connectivity index (χ0n) is 16.1. The molecule has 1 aliphatic rings. The van der Waals surface area contributed by atoms with Gasteiger partial charge in [-0.3, -0.25) is 4.79 Å². The van der Waals surface area contributed by atoms with E-state index in [2.05, 4.69) is 9.97 Å². The smallest absolute Gasteiger partial charge is 0.253 e. The number of hydrogen-bond acceptors (Lipinski definition) is 3. The third-order valence-corrected chi connectivity index (χ3v) is 5.10. The Balaban J connectivity index is 1.39. The van der Waals surface area contributed by atoms with E-state index in [0.29, 0.717) is 18.7 Å². The Morgan fingerprint density at radius 3 is 2.57 bits per heavy atom. The van der Waals surface area contributed by atoms with Crippen LogP contribution in [0.5, 0.6) is 5.75 Å². The quantitative estimate of drug-likeness (QED) is 0.723. The number of carbonyl (C=O) groups is 1. The van der Waals surface area contributed by atoms with Crippen LogP contribution in [0.3, 0.4) is 0 Å². The fourth-order valence-electron chi connectivity index (χ4n) is 3.68. The topological polar surface area (TPSA) is 58.2 Å². The lowest BCUT2D eigenvalue weighted by atomic mass is 9.95. The first-order valence-electron chi connectivity index (χ1n) is 9.71. The fraction of sp³-hybridized carbons (Fsp3) is 0.364. The average molecular weight is 381 g/mol. The van der Waals surface area contributed by atoms with Crippen molar-refractivity contribution in [3.05, 3.63) is 59.7 Å². The summed E-state index contributed by atoms with van der Waals surface area (Å²) in [5, 5.41) is 0. The molecule has 1 amide bonds. The number of aromatic amines is 1. The van der Waals surface area contributed by atoms with E-state index in [0.717, 1.165) is 35.4 Å². The number of H-pyrrole nitrogens is 1. The highest BCUT2D eigenvalue weighted by atomic mass is 19.1. The van der Waals surface area contributed by atoms with E-state index in [9.17, 15) is 9.18 Å². The number of halogens is 1. The van der Waals surface area contributed by atoms with Crippen LogP contribution >= 0.6 is 0 Å². The first-order chi connectivity index (χ1) is 13.5. The molecular weight excluding hydrogens is 357 g/mol. The summed E-state index contributed by atoms with van der Waals surface area (Å²) >= 11 is 0. The summed E-state index contributed by atoms with van der Waals surface area (Å²) in [6.45, 7) is 5.31. The van der Waals surface area contributed by atoms with Crippen molar-refractivity contribution in [3.8, 4) is 5.75 Å². The maximum absolute atomic E-state index is 13.4. The van der Waals surface area contributed by atoms with Crippen molar-refractivity contribution in [2.45, 2.75) is 38.7 Å². The van der Waals surface area contributed by atoms with Gasteiger partial charge in [0.15, 0.2) is 0 Å². The van der Waals surface area contributed by atoms with Gasteiger partial charge in [0.2, 0.25) is 0 Å². The molecule has 1 saturated heterocycles. The van der Waals surface area contributed by atoms with Gasteiger partial charge in [0.05, 0.1) is 17.1 Å². The number of hydrogen-bond donors (Lipinski definition) is 1. The van der Waals surface area contributed by atoms with Gasteiger partial charge in [-0.15, -0.1) is 0 Å². The summed E-state index contributed by atoms with van der Waals surface area (Å²) in [6.07, 6.45) is 1.78. The maximum atomic E-state index is 13.4. The summed E-state index contributed by atoms with van der Waals surface area (Å²) in [4.78, 5) is 22.5. The van der Waals surface area contributed by atoms with E-state index in [1.165, 1.54) is 12.1 Å². The lowest BCUT2D eigenvalue weighted by molar-refractivity contribution is 0.0711. The Morgan fingerprint density at radius 1 is 1.18 bits per heavy atom. The number of nitrogens with one attached hydrogen (secondary N) is 1. The fourth-order valence-corrected chi connectivity index (χ4v) is 3.68. The van der Waals surface area contributed by atoms with Gasteiger partial charge in [-0.1, -0.05) is 0 Å². The molecule has 1 N–H and O–H groups in total. The SMILES string of the molecule is CC(C)Oc1ccc(C(=O)N2CCC(c3nc4ccc(F)cc4[nH]3)CC2)cc1. The van der Waals surface area contributed by atoms with Gasteiger partial charge in [-0.05, 0) is 69.2 Å². The molecule has 1 aromatic heterocycles. The van der Waals surface area contributed by atoms with Crippen molar-refractivity contribution in [3.63, 3.8) is 0 Å². The van der Waals surface area contributed by atoms with Gasteiger partial charge < -0.3 is 14.6 Å². The first kappa shape index (κ1) is 18.5. The van der Waals surface area contributed by atoms with Crippen LogP contribution in [0.4, 0.5) is 4.39 Å². The normalized spacial score (nSPS) is 15.4. The van der Waals surface area contributed by atoms with Crippen LogP contribution < -0.4 is 4.74 Å². The number of piperidine rings is 1. The number of rotatable bonds is 4. The second-order valence-electron chi connectivity index (χ2n) is 7.54. The van der Waals surface area contributed by atoms with Crippen LogP contribution in [0.1, 0.15) is 48.8 Å². The molecule has 2 aromatic carbocycles. The van der Waals surface area contributed by atoms with Gasteiger partial charge in [0.1, 0.15) is 17.4 Å². The highest BCUT2D eigenvalue weighted by Crippen LogP contribution is 2.29. The summed E-state index contributed by atoms with van der Waals surface area (Å²) in [7, 11) is 0. The highest BCUT2D eigenvalue weighted by molar-refractivity contribution is 5.94. The first-order valence-corrected chi connectivity index (χ1v) is 9.71. The van der Waals surface area contributed by atoms with Crippen molar-refractivity contribution in [1.82, 2.24) is 14.9 Å². The van der Waals surface area contributed by atoms with E-state index < -0.39 is 0 Å². The van der Waals surface area contributed by atoms with Crippen LogP contribution in [-0.2, 0) is 0 Å². The standard InChI is InChI=1S/C22H24FN3O2/c1-14(2)28-18-6-3-16(4-7-18)22(27)26-11-9-15(10-12-26)21-24-19-8-5-17(23)13-20(19)25-21/h3-8,13-15H,9-12H2,1-2H3,(H,24,25). The van der Waals surface area contributed by atoms with Crippen LogP contribution in [0.15, 0.2) is 42.5 Å². The molecule has 1 aliphatic heterocycles. The minimum absolute atomic E-state index is 0.0428. The predicted molar refractivity (Wildman–Crippen MR) is 106 cm³/mol. The molecule has 0 spiro atoms. The molecule has 146 valence electrons. The molecule has 0 radical (unpaired) electrons. The molecule has 2 heterocycles. The summed E-state index contributed by atoms with van der Waals surface area (Å²) in [6, 6.07) is 11.9. The number of aromatic nitrogens is 2. The predicted octanol–water partition coefficient (Wildman–Crippen LogP) is 4.51. The van der Waals surface area contributed by atoms with Gasteiger partial charge in [0.25, 0.3) is 5.91 Å². The largest absolute Gasteiger partial charge is 0.491 e. The molecule has 6 heteroatoms. The van der Waals surface area contributed by atoms with E-state index in [-0.39, 0.29) is 23.7 Å². The Morgan fingerprint density at radius 2 is 1.89 bits per heavy atom.